The first-order valence-electron chi connectivity index (χ1n) is 5.15. The van der Waals surface area contributed by atoms with Gasteiger partial charge in [0, 0.05) is 13.5 Å². The van der Waals surface area contributed by atoms with E-state index in [9.17, 15) is 15.3 Å². The molecule has 98 valence electrons. The third-order valence-electron chi connectivity index (χ3n) is 2.28. The second-order valence-electron chi connectivity index (χ2n) is 4.13. The van der Waals surface area contributed by atoms with Crippen LogP contribution in [0.25, 0.3) is 0 Å². The Balaban J connectivity index is 4.48. The van der Waals surface area contributed by atoms with Crippen molar-refractivity contribution >= 4 is 0 Å². The summed E-state index contributed by atoms with van der Waals surface area (Å²) in [6.45, 7) is 2.38. The Morgan fingerprint density at radius 3 is 2.25 bits per heavy atom. The van der Waals surface area contributed by atoms with Crippen LogP contribution in [-0.4, -0.2) is 64.8 Å². The molecule has 6 nitrogen and oxygen atoms in total. The van der Waals surface area contributed by atoms with Crippen LogP contribution < -0.4 is 0 Å². The van der Waals surface area contributed by atoms with Crippen LogP contribution in [-0.2, 0) is 9.47 Å². The first-order valence-corrected chi connectivity index (χ1v) is 5.15. The molecule has 0 aliphatic heterocycles. The Bertz CT molecular complexity index is 182. The predicted octanol–water partition coefficient (Wildman–Crippen LogP) is -1.15. The van der Waals surface area contributed by atoms with Gasteiger partial charge in [0.1, 0.15) is 12.9 Å². The van der Waals surface area contributed by atoms with E-state index in [2.05, 4.69) is 0 Å². The van der Waals surface area contributed by atoms with Crippen molar-refractivity contribution in [2.24, 2.45) is 0 Å². The summed E-state index contributed by atoms with van der Waals surface area (Å²) in [4.78, 5) is 0. The number of methoxy groups -OCH3 is 1. The van der Waals surface area contributed by atoms with Gasteiger partial charge in [0.25, 0.3) is 0 Å². The Hall–Kier alpha value is -0.240. The van der Waals surface area contributed by atoms with Crippen LogP contribution >= 0.6 is 0 Å². The highest BCUT2D eigenvalue weighted by Gasteiger charge is 2.37. The van der Waals surface area contributed by atoms with Crippen LogP contribution in [0, 0.1) is 0 Å². The largest absolute Gasteiger partial charge is 0.394 e. The number of hydrogen-bond acceptors (Lipinski definition) is 6. The molecule has 0 saturated heterocycles. The molecular weight excluding hydrogens is 216 g/mol. The molecule has 0 aromatic carbocycles. The average molecular weight is 238 g/mol. The van der Waals surface area contributed by atoms with Gasteiger partial charge in [0.05, 0.1) is 24.4 Å². The molecule has 0 aromatic heterocycles. The maximum atomic E-state index is 10.1. The zero-order valence-electron chi connectivity index (χ0n) is 9.96. The lowest BCUT2D eigenvalue weighted by Crippen LogP contribution is -2.50. The van der Waals surface area contributed by atoms with Gasteiger partial charge in [-0.25, -0.2) is 0 Å². The number of hydrogen-bond donors (Lipinski definition) is 4. The number of rotatable bonds is 8. The van der Waals surface area contributed by atoms with E-state index < -0.39 is 30.5 Å². The lowest BCUT2D eigenvalue weighted by Gasteiger charge is -2.35. The van der Waals surface area contributed by atoms with E-state index in [1.165, 1.54) is 21.0 Å². The second-order valence-corrected chi connectivity index (χ2v) is 4.13. The van der Waals surface area contributed by atoms with Gasteiger partial charge in [0.2, 0.25) is 0 Å². The monoisotopic (exact) mass is 238 g/mol. The Kier molecular flexibility index (Phi) is 7.05. The quantitative estimate of drug-likeness (QED) is 0.399. The zero-order chi connectivity index (χ0) is 12.8. The molecule has 16 heavy (non-hydrogen) atoms. The first kappa shape index (κ1) is 15.8. The van der Waals surface area contributed by atoms with E-state index >= 15 is 0 Å². The third kappa shape index (κ3) is 5.20. The molecule has 0 rings (SSSR count). The number of aliphatic hydroxyl groups is 4. The molecule has 4 atom stereocenters. The van der Waals surface area contributed by atoms with E-state index in [0.717, 1.165) is 0 Å². The van der Waals surface area contributed by atoms with Crippen molar-refractivity contribution < 1.29 is 29.9 Å². The van der Waals surface area contributed by atoms with Gasteiger partial charge in [-0.3, -0.25) is 0 Å². The lowest BCUT2D eigenvalue weighted by atomic mass is 9.89. The zero-order valence-corrected chi connectivity index (χ0v) is 9.96. The Labute approximate surface area is 95.4 Å². The highest BCUT2D eigenvalue weighted by molar-refractivity contribution is 4.88. The van der Waals surface area contributed by atoms with Gasteiger partial charge in [-0.1, -0.05) is 0 Å². The highest BCUT2D eigenvalue weighted by Crippen LogP contribution is 2.22. The summed E-state index contributed by atoms with van der Waals surface area (Å²) in [5.41, 5.74) is -1.45. The highest BCUT2D eigenvalue weighted by atomic mass is 16.7. The third-order valence-corrected chi connectivity index (χ3v) is 2.28. The second kappa shape index (κ2) is 7.16. The van der Waals surface area contributed by atoms with Gasteiger partial charge in [-0.05, 0) is 13.8 Å². The molecule has 6 heteroatoms. The van der Waals surface area contributed by atoms with Gasteiger partial charge < -0.3 is 29.9 Å². The van der Waals surface area contributed by atoms with Crippen molar-refractivity contribution in [2.75, 3.05) is 20.5 Å². The summed E-state index contributed by atoms with van der Waals surface area (Å²) in [5, 5.41) is 37.5. The molecule has 0 fully saturated rings. The van der Waals surface area contributed by atoms with Gasteiger partial charge >= 0.3 is 0 Å². The summed E-state index contributed by atoms with van der Waals surface area (Å²) >= 11 is 0. The predicted molar refractivity (Wildman–Crippen MR) is 56.8 cm³/mol. The smallest absolute Gasteiger partial charge is 0.146 e. The van der Waals surface area contributed by atoms with Crippen LogP contribution in [0.1, 0.15) is 20.3 Å². The molecule has 0 heterocycles. The maximum Gasteiger partial charge on any atom is 0.146 e. The molecule has 4 N–H and O–H groups in total. The maximum absolute atomic E-state index is 10.1. The molecule has 0 unspecified atom stereocenters. The van der Waals surface area contributed by atoms with E-state index in [4.69, 9.17) is 14.6 Å². The molecule has 0 saturated carbocycles. The number of ether oxygens (including phenoxy) is 2. The van der Waals surface area contributed by atoms with Crippen LogP contribution in [0.15, 0.2) is 0 Å². The average Bonchev–Trinajstić information content (AvgIpc) is 2.16. The summed E-state index contributed by atoms with van der Waals surface area (Å²) in [6.07, 6.45) is -2.96. The molecule has 0 bridgehead atoms. The lowest BCUT2D eigenvalue weighted by molar-refractivity contribution is -0.190. The van der Waals surface area contributed by atoms with Crippen LogP contribution in [0.5, 0.6) is 0 Å². The summed E-state index contributed by atoms with van der Waals surface area (Å²) in [6, 6.07) is 0. The molecule has 0 spiro atoms. The van der Waals surface area contributed by atoms with E-state index in [-0.39, 0.29) is 13.2 Å². The van der Waals surface area contributed by atoms with E-state index in [1.807, 2.05) is 0 Å². The van der Waals surface area contributed by atoms with Gasteiger partial charge in [-0.2, -0.15) is 0 Å². The standard InChI is InChI=1S/C10H22O6/c1-7(12)9(16-6-15-3)10(2,14)4-8(13)5-11/h7-9,11-14H,4-6H2,1-3H3/t7-,8-,9-,10+/m0/s1. The normalized spacial score (nSPS) is 21.2. The molecule has 0 aliphatic carbocycles. The number of aliphatic hydroxyl groups excluding tert-OH is 3. The van der Waals surface area contributed by atoms with Crippen LogP contribution in [0.3, 0.4) is 0 Å². The van der Waals surface area contributed by atoms with Crippen molar-refractivity contribution in [2.45, 2.75) is 44.2 Å². The molecule has 0 aromatic rings. The fourth-order valence-electron chi connectivity index (χ4n) is 1.64. The van der Waals surface area contributed by atoms with Crippen LogP contribution in [0.2, 0.25) is 0 Å². The minimum absolute atomic E-state index is 0.0685. The first-order chi connectivity index (χ1) is 7.35. The van der Waals surface area contributed by atoms with Crippen molar-refractivity contribution in [3.63, 3.8) is 0 Å². The summed E-state index contributed by atoms with van der Waals surface area (Å²) in [5.74, 6) is 0. The minimum Gasteiger partial charge on any atom is -0.394 e. The Morgan fingerprint density at radius 2 is 1.88 bits per heavy atom. The fraction of sp³-hybridized carbons (Fsp3) is 1.00. The fourth-order valence-corrected chi connectivity index (χ4v) is 1.64. The molecule has 0 radical (unpaired) electrons. The van der Waals surface area contributed by atoms with Crippen LogP contribution in [0.4, 0.5) is 0 Å². The Morgan fingerprint density at radius 1 is 1.31 bits per heavy atom. The minimum atomic E-state index is -1.45. The van der Waals surface area contributed by atoms with E-state index in [1.54, 1.807) is 0 Å². The summed E-state index contributed by atoms with van der Waals surface area (Å²) < 4.78 is 9.84. The van der Waals surface area contributed by atoms with Crippen molar-refractivity contribution in [3.8, 4) is 0 Å². The van der Waals surface area contributed by atoms with Crippen molar-refractivity contribution in [1.29, 1.82) is 0 Å². The van der Waals surface area contributed by atoms with E-state index in [0.29, 0.717) is 0 Å². The molecular formula is C10H22O6. The molecule has 0 aliphatic rings. The SMILES string of the molecule is COCO[C@@H]([C@H](C)O)[C@](C)(O)C[C@H](O)CO. The molecule has 0 amide bonds. The topological polar surface area (TPSA) is 99.4 Å². The van der Waals surface area contributed by atoms with Gasteiger partial charge in [0.15, 0.2) is 0 Å². The summed E-state index contributed by atoms with van der Waals surface area (Å²) in [7, 11) is 1.43. The van der Waals surface area contributed by atoms with Crippen molar-refractivity contribution in [1.82, 2.24) is 0 Å². The van der Waals surface area contributed by atoms with Gasteiger partial charge in [-0.15, -0.1) is 0 Å². The van der Waals surface area contributed by atoms with Crippen molar-refractivity contribution in [3.05, 3.63) is 0 Å².